The van der Waals surface area contributed by atoms with Crippen molar-refractivity contribution in [2.75, 3.05) is 11.9 Å². The molecule has 0 unspecified atom stereocenters. The van der Waals surface area contributed by atoms with Crippen LogP contribution in [0, 0.1) is 6.92 Å². The molecule has 0 atom stereocenters. The Hall–Kier alpha value is -2.89. The van der Waals surface area contributed by atoms with Gasteiger partial charge in [0, 0.05) is 29.4 Å². The number of imidazole rings is 1. The van der Waals surface area contributed by atoms with E-state index in [1.54, 1.807) is 13.8 Å². The number of halogens is 1. The van der Waals surface area contributed by atoms with E-state index in [9.17, 15) is 9.18 Å². The quantitative estimate of drug-likeness (QED) is 0.476. The smallest absolute Gasteiger partial charge is 0.251 e. The summed E-state index contributed by atoms with van der Waals surface area (Å²) in [4.78, 5) is 17.3. The molecule has 32 heavy (non-hydrogen) atoms. The Balaban J connectivity index is 1.65. The Morgan fingerprint density at radius 3 is 2.66 bits per heavy atom. The van der Waals surface area contributed by atoms with E-state index in [0.29, 0.717) is 18.5 Å². The van der Waals surface area contributed by atoms with Gasteiger partial charge < -0.3 is 10.6 Å². The highest BCUT2D eigenvalue weighted by atomic mass is 19.1. The van der Waals surface area contributed by atoms with E-state index < -0.39 is 5.67 Å². The highest BCUT2D eigenvalue weighted by Gasteiger charge is 2.39. The van der Waals surface area contributed by atoms with Crippen molar-refractivity contribution in [1.29, 1.82) is 0 Å². The molecule has 2 aromatic heterocycles. The molecule has 3 aromatic rings. The minimum absolute atomic E-state index is 0.0114. The van der Waals surface area contributed by atoms with Crippen molar-refractivity contribution in [3.63, 3.8) is 0 Å². The number of anilines is 1. The van der Waals surface area contributed by atoms with Crippen LogP contribution in [0.4, 0.5) is 10.1 Å². The minimum atomic E-state index is -1.21. The number of rotatable bonds is 8. The Bertz CT molecular complexity index is 1150. The number of nitrogens with one attached hydrogen (secondary N) is 2. The zero-order valence-electron chi connectivity index (χ0n) is 19.7. The minimum Gasteiger partial charge on any atom is -0.382 e. The number of pyridine rings is 1. The number of alkyl halides is 1. The van der Waals surface area contributed by atoms with Gasteiger partial charge >= 0.3 is 0 Å². The summed E-state index contributed by atoms with van der Waals surface area (Å²) in [6.07, 6.45) is 7.34. The van der Waals surface area contributed by atoms with Gasteiger partial charge in [0.05, 0.1) is 17.6 Å². The van der Waals surface area contributed by atoms with Crippen LogP contribution in [-0.4, -0.2) is 33.0 Å². The van der Waals surface area contributed by atoms with Crippen molar-refractivity contribution in [2.24, 2.45) is 0 Å². The monoisotopic (exact) mass is 436 g/mol. The van der Waals surface area contributed by atoms with Crippen LogP contribution in [0.5, 0.6) is 0 Å². The average Bonchev–Trinajstić information content (AvgIpc) is 3.28. The molecule has 1 aliphatic rings. The van der Waals surface area contributed by atoms with Crippen LogP contribution in [0.1, 0.15) is 68.4 Å². The average molecular weight is 437 g/mol. The summed E-state index contributed by atoms with van der Waals surface area (Å²) >= 11 is 0. The van der Waals surface area contributed by atoms with Gasteiger partial charge in [-0.3, -0.25) is 9.20 Å². The van der Waals surface area contributed by atoms with Gasteiger partial charge in [0.1, 0.15) is 5.67 Å². The first-order valence-electron chi connectivity index (χ1n) is 11.4. The molecule has 1 aliphatic carbocycles. The van der Waals surface area contributed by atoms with Gasteiger partial charge in [-0.05, 0) is 82.7 Å². The number of amides is 1. The number of hydrogen-bond donors (Lipinski definition) is 2. The largest absolute Gasteiger partial charge is 0.382 e. The van der Waals surface area contributed by atoms with Gasteiger partial charge in [-0.15, -0.1) is 0 Å². The standard InChI is InChI=1S/C26H33FN4O/c1-6-18-14-21(28-12-11-25(3,4)27)23-29-15-22(31(23)16-18)19-7-8-20(17(2)13-19)24(32)30-26(5)9-10-26/h7-8,13-16,28H,6,9-12H2,1-5H3,(H,30,32). The molecule has 1 fully saturated rings. The van der Waals surface area contributed by atoms with Crippen LogP contribution in [0.3, 0.4) is 0 Å². The SMILES string of the molecule is CCc1cc(NCCC(C)(C)F)c2ncc(-c3ccc(C(=O)NC4(C)CC4)c(C)c3)n2c1. The lowest BCUT2D eigenvalue weighted by Gasteiger charge is -2.16. The number of aryl methyl sites for hydroxylation is 2. The predicted molar refractivity (Wildman–Crippen MR) is 128 cm³/mol. The Morgan fingerprint density at radius 1 is 1.28 bits per heavy atom. The van der Waals surface area contributed by atoms with Crippen molar-refractivity contribution in [3.05, 3.63) is 53.3 Å². The Kier molecular flexibility index (Phi) is 5.74. The second kappa shape index (κ2) is 8.23. The third-order valence-electron chi connectivity index (χ3n) is 6.29. The van der Waals surface area contributed by atoms with E-state index in [2.05, 4.69) is 46.1 Å². The molecule has 2 N–H and O–H groups in total. The number of hydrogen-bond acceptors (Lipinski definition) is 3. The predicted octanol–water partition coefficient (Wildman–Crippen LogP) is 5.70. The fourth-order valence-corrected chi connectivity index (χ4v) is 3.91. The van der Waals surface area contributed by atoms with Gasteiger partial charge in [-0.1, -0.05) is 13.0 Å². The van der Waals surface area contributed by atoms with Gasteiger partial charge in [0.2, 0.25) is 0 Å². The van der Waals surface area contributed by atoms with E-state index in [1.807, 2.05) is 31.3 Å². The molecule has 1 amide bonds. The third-order valence-corrected chi connectivity index (χ3v) is 6.29. The van der Waals surface area contributed by atoms with Crippen molar-refractivity contribution in [3.8, 4) is 11.3 Å². The Labute approximate surface area is 189 Å². The van der Waals surface area contributed by atoms with Crippen molar-refractivity contribution < 1.29 is 9.18 Å². The zero-order chi connectivity index (χ0) is 23.1. The summed E-state index contributed by atoms with van der Waals surface area (Å²) in [6, 6.07) is 8.02. The van der Waals surface area contributed by atoms with E-state index in [-0.39, 0.29) is 11.4 Å². The number of benzene rings is 1. The maximum Gasteiger partial charge on any atom is 0.251 e. The number of nitrogens with zero attached hydrogens (tertiary/aromatic N) is 2. The lowest BCUT2D eigenvalue weighted by molar-refractivity contribution is 0.0935. The van der Waals surface area contributed by atoms with Gasteiger partial charge in [0.25, 0.3) is 5.91 Å². The highest BCUT2D eigenvalue weighted by Crippen LogP contribution is 2.35. The molecule has 0 aliphatic heterocycles. The molecule has 2 heterocycles. The van der Waals surface area contributed by atoms with Crippen molar-refractivity contribution in [1.82, 2.24) is 14.7 Å². The summed E-state index contributed by atoms with van der Waals surface area (Å²) in [6.45, 7) is 9.90. The topological polar surface area (TPSA) is 58.4 Å². The number of fused-ring (bicyclic) bond motifs is 1. The van der Waals surface area contributed by atoms with Crippen LogP contribution in [0.2, 0.25) is 0 Å². The second-order valence-corrected chi connectivity index (χ2v) is 9.89. The van der Waals surface area contributed by atoms with Crippen LogP contribution >= 0.6 is 0 Å². The summed E-state index contributed by atoms with van der Waals surface area (Å²) in [5.41, 5.74) is 5.26. The molecular weight excluding hydrogens is 403 g/mol. The molecule has 0 radical (unpaired) electrons. The molecule has 5 nitrogen and oxygen atoms in total. The third kappa shape index (κ3) is 4.79. The second-order valence-electron chi connectivity index (χ2n) is 9.89. The number of aromatic nitrogens is 2. The van der Waals surface area contributed by atoms with Crippen LogP contribution < -0.4 is 10.6 Å². The van der Waals surface area contributed by atoms with E-state index >= 15 is 0 Å². The molecule has 1 aromatic carbocycles. The van der Waals surface area contributed by atoms with Gasteiger partial charge in [-0.2, -0.15) is 0 Å². The van der Waals surface area contributed by atoms with E-state index in [0.717, 1.165) is 47.4 Å². The molecule has 170 valence electrons. The number of carbonyl (C=O) groups excluding carboxylic acids is 1. The Morgan fingerprint density at radius 2 is 2.03 bits per heavy atom. The van der Waals surface area contributed by atoms with Gasteiger partial charge in [0.15, 0.2) is 5.65 Å². The maximum atomic E-state index is 13.9. The van der Waals surface area contributed by atoms with Crippen LogP contribution in [0.15, 0.2) is 36.7 Å². The fourth-order valence-electron chi connectivity index (χ4n) is 3.91. The summed E-state index contributed by atoms with van der Waals surface area (Å²) in [5.74, 6) is -0.0114. The van der Waals surface area contributed by atoms with Crippen LogP contribution in [-0.2, 0) is 6.42 Å². The zero-order valence-corrected chi connectivity index (χ0v) is 19.7. The maximum absolute atomic E-state index is 13.9. The first-order chi connectivity index (χ1) is 15.1. The molecule has 0 bridgehead atoms. The molecule has 4 rings (SSSR count). The summed E-state index contributed by atoms with van der Waals surface area (Å²) in [7, 11) is 0. The number of carbonyl (C=O) groups is 1. The van der Waals surface area contributed by atoms with Crippen molar-refractivity contribution in [2.45, 2.75) is 71.5 Å². The molecule has 1 saturated carbocycles. The van der Waals surface area contributed by atoms with E-state index in [4.69, 9.17) is 0 Å². The van der Waals surface area contributed by atoms with Gasteiger partial charge in [-0.25, -0.2) is 9.37 Å². The van der Waals surface area contributed by atoms with Crippen molar-refractivity contribution >= 4 is 17.2 Å². The summed E-state index contributed by atoms with van der Waals surface area (Å²) < 4.78 is 16.0. The lowest BCUT2D eigenvalue weighted by atomic mass is 10.0. The molecular formula is C26H33FN4O. The molecule has 0 saturated heterocycles. The molecule has 6 heteroatoms. The fraction of sp³-hybridized carbons (Fsp3) is 0.462. The lowest BCUT2D eigenvalue weighted by Crippen LogP contribution is -2.34. The highest BCUT2D eigenvalue weighted by molar-refractivity contribution is 5.97. The van der Waals surface area contributed by atoms with Crippen LogP contribution in [0.25, 0.3) is 16.9 Å². The first-order valence-corrected chi connectivity index (χ1v) is 11.4. The first kappa shape index (κ1) is 22.3. The van der Waals surface area contributed by atoms with E-state index in [1.165, 1.54) is 5.56 Å². The normalized spacial score (nSPS) is 15.1. The summed E-state index contributed by atoms with van der Waals surface area (Å²) in [5, 5.41) is 6.50. The molecule has 0 spiro atoms.